The summed E-state index contributed by atoms with van der Waals surface area (Å²) in [5, 5.41) is 12.0. The van der Waals surface area contributed by atoms with E-state index < -0.39 is 5.97 Å². The molecule has 0 aromatic heterocycles. The first-order chi connectivity index (χ1) is 13.1. The lowest BCUT2D eigenvalue weighted by atomic mass is 9.93. The molecule has 0 amide bonds. The molecular formula is C24H22O3. The second-order valence-electron chi connectivity index (χ2n) is 7.93. The van der Waals surface area contributed by atoms with Crippen LogP contribution >= 0.6 is 0 Å². The number of benzene rings is 3. The molecule has 3 nitrogen and oxygen atoms in total. The molecule has 0 saturated heterocycles. The molecule has 0 radical (unpaired) electrons. The highest BCUT2D eigenvalue weighted by molar-refractivity contribution is 5.83. The highest BCUT2D eigenvalue weighted by Gasteiger charge is 2.68. The van der Waals surface area contributed by atoms with Gasteiger partial charge in [-0.2, -0.15) is 0 Å². The fourth-order valence-corrected chi connectivity index (χ4v) is 5.13. The minimum atomic E-state index is -0.669. The van der Waals surface area contributed by atoms with Crippen LogP contribution in [0.1, 0.15) is 30.0 Å². The topological polar surface area (TPSA) is 46.5 Å². The Balaban J connectivity index is 1.38. The lowest BCUT2D eigenvalue weighted by Crippen LogP contribution is -2.12. The largest absolute Gasteiger partial charge is 0.489 e. The number of ether oxygens (including phenoxy) is 1. The minimum Gasteiger partial charge on any atom is -0.489 e. The molecule has 1 spiro atoms. The molecule has 0 aliphatic heterocycles. The van der Waals surface area contributed by atoms with E-state index in [1.54, 1.807) is 0 Å². The predicted octanol–water partition coefficient (Wildman–Crippen LogP) is 4.95. The number of hydrogen-bond acceptors (Lipinski definition) is 2. The van der Waals surface area contributed by atoms with E-state index in [1.165, 1.54) is 21.9 Å². The molecule has 2 unspecified atom stereocenters. The van der Waals surface area contributed by atoms with Gasteiger partial charge in [0.2, 0.25) is 0 Å². The van der Waals surface area contributed by atoms with E-state index in [4.69, 9.17) is 4.74 Å². The Labute approximate surface area is 158 Å². The summed E-state index contributed by atoms with van der Waals surface area (Å²) in [6, 6.07) is 20.9. The lowest BCUT2D eigenvalue weighted by Gasteiger charge is -2.14. The van der Waals surface area contributed by atoms with Gasteiger partial charge in [-0.3, -0.25) is 4.79 Å². The van der Waals surface area contributed by atoms with Crippen molar-refractivity contribution in [3.8, 4) is 5.75 Å². The van der Waals surface area contributed by atoms with Crippen molar-refractivity contribution in [1.29, 1.82) is 0 Å². The van der Waals surface area contributed by atoms with E-state index in [0.717, 1.165) is 24.2 Å². The Hall–Kier alpha value is -2.81. The zero-order valence-electron chi connectivity index (χ0n) is 15.3. The van der Waals surface area contributed by atoms with Gasteiger partial charge >= 0.3 is 5.97 Å². The first-order valence-electron chi connectivity index (χ1n) is 9.56. The maximum absolute atomic E-state index is 11.6. The van der Waals surface area contributed by atoms with Crippen molar-refractivity contribution in [3.05, 3.63) is 77.4 Å². The molecule has 3 atom stereocenters. The molecule has 27 heavy (non-hydrogen) atoms. The molecule has 0 bridgehead atoms. The maximum Gasteiger partial charge on any atom is 0.307 e. The van der Waals surface area contributed by atoms with Crippen LogP contribution in [0.2, 0.25) is 0 Å². The monoisotopic (exact) mass is 358 g/mol. The van der Waals surface area contributed by atoms with Gasteiger partial charge in [-0.25, -0.2) is 0 Å². The van der Waals surface area contributed by atoms with Gasteiger partial charge in [0.25, 0.3) is 0 Å². The summed E-state index contributed by atoms with van der Waals surface area (Å²) in [4.78, 5) is 11.6. The number of aryl methyl sites for hydroxylation is 1. The number of aliphatic carboxylic acids is 1. The number of rotatable bonds is 4. The lowest BCUT2D eigenvalue weighted by molar-refractivity contribution is -0.139. The van der Waals surface area contributed by atoms with Crippen LogP contribution in [-0.2, 0) is 23.2 Å². The van der Waals surface area contributed by atoms with Gasteiger partial charge < -0.3 is 9.84 Å². The summed E-state index contributed by atoms with van der Waals surface area (Å²) in [5.74, 6) is 0.103. The molecule has 3 heteroatoms. The fourth-order valence-electron chi connectivity index (χ4n) is 5.13. The molecule has 2 aliphatic rings. The van der Waals surface area contributed by atoms with E-state index in [0.29, 0.717) is 6.61 Å². The average molecular weight is 358 g/mol. The van der Waals surface area contributed by atoms with Crippen LogP contribution < -0.4 is 4.74 Å². The number of carbonyl (C=O) groups is 1. The van der Waals surface area contributed by atoms with Crippen LogP contribution in [0.25, 0.3) is 10.8 Å². The van der Waals surface area contributed by atoms with E-state index in [-0.39, 0.29) is 17.3 Å². The Bertz CT molecular complexity index is 1050. The normalized spacial score (nSPS) is 25.5. The number of carboxylic acids is 1. The molecular weight excluding hydrogens is 336 g/mol. The van der Waals surface area contributed by atoms with Crippen molar-refractivity contribution in [3.63, 3.8) is 0 Å². The van der Waals surface area contributed by atoms with Gasteiger partial charge in [0.1, 0.15) is 12.4 Å². The summed E-state index contributed by atoms with van der Waals surface area (Å²) in [6.07, 6.45) is 1.91. The molecule has 3 aromatic rings. The number of hydrogen-bond donors (Lipinski definition) is 1. The van der Waals surface area contributed by atoms with Gasteiger partial charge in [-0.1, -0.05) is 49.4 Å². The summed E-state index contributed by atoms with van der Waals surface area (Å²) in [7, 11) is 0. The Morgan fingerprint density at radius 2 is 1.93 bits per heavy atom. The van der Waals surface area contributed by atoms with Crippen molar-refractivity contribution in [2.45, 2.75) is 31.8 Å². The van der Waals surface area contributed by atoms with Crippen LogP contribution in [0.15, 0.2) is 60.7 Å². The highest BCUT2D eigenvalue weighted by atomic mass is 16.5. The Morgan fingerprint density at radius 1 is 1.11 bits per heavy atom. The molecule has 136 valence electrons. The summed E-state index contributed by atoms with van der Waals surface area (Å²) in [5.41, 5.74) is 3.43. The fraction of sp³-hybridized carbons (Fsp3) is 0.292. The molecule has 3 aromatic carbocycles. The number of fused-ring (bicyclic) bond motifs is 3. The highest BCUT2D eigenvalue weighted by Crippen LogP contribution is 2.66. The third kappa shape index (κ3) is 2.45. The maximum atomic E-state index is 11.6. The third-order valence-electron chi connectivity index (χ3n) is 6.63. The Kier molecular flexibility index (Phi) is 3.55. The van der Waals surface area contributed by atoms with E-state index >= 15 is 0 Å². The zero-order valence-corrected chi connectivity index (χ0v) is 15.3. The summed E-state index contributed by atoms with van der Waals surface area (Å²) >= 11 is 0. The molecule has 5 rings (SSSR count). The van der Waals surface area contributed by atoms with Crippen LogP contribution in [0.5, 0.6) is 5.75 Å². The second-order valence-corrected chi connectivity index (χ2v) is 7.93. The van der Waals surface area contributed by atoms with Gasteiger partial charge in [0.15, 0.2) is 0 Å². The van der Waals surface area contributed by atoms with Crippen LogP contribution in [0.3, 0.4) is 0 Å². The van der Waals surface area contributed by atoms with Gasteiger partial charge in [-0.15, -0.1) is 0 Å². The standard InChI is InChI=1S/C24H22O3/c1-15-22(23(25)26)24(15)11-10-18-8-9-20(13-21(18)24)27-14-16-6-7-17-4-2-3-5-19(17)12-16/h2-9,12-13,15,22H,10-11,14H2,1H3,(H,25,26)/t15-,22?,24?/m0/s1. The summed E-state index contributed by atoms with van der Waals surface area (Å²) in [6.45, 7) is 2.57. The van der Waals surface area contributed by atoms with E-state index in [1.807, 2.05) is 18.2 Å². The predicted molar refractivity (Wildman–Crippen MR) is 105 cm³/mol. The van der Waals surface area contributed by atoms with E-state index in [2.05, 4.69) is 49.4 Å². The van der Waals surface area contributed by atoms with E-state index in [9.17, 15) is 9.90 Å². The van der Waals surface area contributed by atoms with Gasteiger partial charge in [-0.05, 0) is 64.4 Å². The number of carboxylic acid groups (broad SMARTS) is 1. The molecule has 1 saturated carbocycles. The van der Waals surface area contributed by atoms with Crippen LogP contribution in [-0.4, -0.2) is 11.1 Å². The van der Waals surface area contributed by atoms with Crippen molar-refractivity contribution in [1.82, 2.24) is 0 Å². The summed E-state index contributed by atoms with van der Waals surface area (Å²) < 4.78 is 6.07. The second kappa shape index (κ2) is 5.85. The SMILES string of the molecule is C[C@H]1C(C(=O)O)C12CCc1ccc(OCc3ccc4ccccc4c3)cc12. The first kappa shape index (κ1) is 16.4. The third-order valence-corrected chi connectivity index (χ3v) is 6.63. The molecule has 1 N–H and O–H groups in total. The molecule has 2 aliphatic carbocycles. The average Bonchev–Trinajstić information content (AvgIpc) is 3.11. The van der Waals surface area contributed by atoms with Crippen molar-refractivity contribution in [2.75, 3.05) is 0 Å². The van der Waals surface area contributed by atoms with Crippen molar-refractivity contribution in [2.24, 2.45) is 11.8 Å². The Morgan fingerprint density at radius 3 is 2.70 bits per heavy atom. The first-order valence-corrected chi connectivity index (χ1v) is 9.56. The minimum absolute atomic E-state index is 0.177. The molecule has 0 heterocycles. The van der Waals surface area contributed by atoms with Crippen LogP contribution in [0.4, 0.5) is 0 Å². The van der Waals surface area contributed by atoms with Crippen molar-refractivity contribution < 1.29 is 14.6 Å². The van der Waals surface area contributed by atoms with Gasteiger partial charge in [0.05, 0.1) is 5.92 Å². The quantitative estimate of drug-likeness (QED) is 0.717. The zero-order chi connectivity index (χ0) is 18.6. The van der Waals surface area contributed by atoms with Crippen LogP contribution in [0, 0.1) is 11.8 Å². The smallest absolute Gasteiger partial charge is 0.307 e. The van der Waals surface area contributed by atoms with Gasteiger partial charge in [0, 0.05) is 5.41 Å². The molecule has 1 fully saturated rings. The van der Waals surface area contributed by atoms with Crippen molar-refractivity contribution >= 4 is 16.7 Å².